The summed E-state index contributed by atoms with van der Waals surface area (Å²) in [5.41, 5.74) is 3.02. The standard InChI is InChI=1S/C16H12O2S/c1-18-13-5-2-11(3-6-13)14-7-4-12(10-17)16-15(14)8-9-19-16/h2-10H,1H3. The van der Waals surface area contributed by atoms with Crippen LogP contribution in [0.5, 0.6) is 5.75 Å². The molecule has 0 spiro atoms. The van der Waals surface area contributed by atoms with Crippen LogP contribution >= 0.6 is 11.3 Å². The summed E-state index contributed by atoms with van der Waals surface area (Å²) < 4.78 is 6.21. The van der Waals surface area contributed by atoms with E-state index in [2.05, 4.69) is 6.07 Å². The second kappa shape index (κ2) is 4.86. The Hall–Kier alpha value is -2.13. The van der Waals surface area contributed by atoms with Crippen molar-refractivity contribution in [1.29, 1.82) is 0 Å². The number of rotatable bonds is 3. The fraction of sp³-hybridized carbons (Fsp3) is 0.0625. The minimum Gasteiger partial charge on any atom is -0.497 e. The number of hydrogen-bond acceptors (Lipinski definition) is 3. The lowest BCUT2D eigenvalue weighted by Crippen LogP contribution is -1.85. The van der Waals surface area contributed by atoms with Gasteiger partial charge in [0.25, 0.3) is 0 Å². The minimum atomic E-state index is 0.752. The summed E-state index contributed by atoms with van der Waals surface area (Å²) in [5, 5.41) is 3.14. The molecule has 19 heavy (non-hydrogen) atoms. The Morgan fingerprint density at radius 3 is 2.53 bits per heavy atom. The molecule has 0 saturated carbocycles. The Labute approximate surface area is 115 Å². The quantitative estimate of drug-likeness (QED) is 0.658. The predicted molar refractivity (Wildman–Crippen MR) is 79.2 cm³/mol. The molecule has 0 atom stereocenters. The molecule has 0 aliphatic heterocycles. The predicted octanol–water partition coefficient (Wildman–Crippen LogP) is 4.39. The number of ether oxygens (including phenoxy) is 1. The highest BCUT2D eigenvalue weighted by atomic mass is 32.1. The van der Waals surface area contributed by atoms with Crippen LogP contribution in [0.2, 0.25) is 0 Å². The van der Waals surface area contributed by atoms with Crippen molar-refractivity contribution in [1.82, 2.24) is 0 Å². The maximum Gasteiger partial charge on any atom is 0.151 e. The molecule has 2 aromatic carbocycles. The number of fused-ring (bicyclic) bond motifs is 1. The van der Waals surface area contributed by atoms with Crippen LogP contribution in [0, 0.1) is 0 Å². The number of thiophene rings is 1. The van der Waals surface area contributed by atoms with Crippen molar-refractivity contribution in [2.24, 2.45) is 0 Å². The summed E-state index contributed by atoms with van der Waals surface area (Å²) in [7, 11) is 1.66. The zero-order valence-electron chi connectivity index (χ0n) is 10.4. The van der Waals surface area contributed by atoms with Crippen LogP contribution < -0.4 is 4.74 Å². The molecule has 0 radical (unpaired) electrons. The Morgan fingerprint density at radius 1 is 1.05 bits per heavy atom. The zero-order chi connectivity index (χ0) is 13.2. The highest BCUT2D eigenvalue weighted by Gasteiger charge is 2.08. The average molecular weight is 268 g/mol. The highest BCUT2D eigenvalue weighted by molar-refractivity contribution is 7.17. The van der Waals surface area contributed by atoms with Gasteiger partial charge >= 0.3 is 0 Å². The summed E-state index contributed by atoms with van der Waals surface area (Å²) in [6.07, 6.45) is 0.913. The van der Waals surface area contributed by atoms with Crippen LogP contribution in [0.1, 0.15) is 10.4 Å². The van der Waals surface area contributed by atoms with Crippen molar-refractivity contribution in [3.05, 3.63) is 53.4 Å². The third-order valence-electron chi connectivity index (χ3n) is 3.18. The molecule has 0 bridgehead atoms. The average Bonchev–Trinajstić information content (AvgIpc) is 2.96. The van der Waals surface area contributed by atoms with E-state index in [1.54, 1.807) is 18.4 Å². The van der Waals surface area contributed by atoms with Crippen LogP contribution in [0.4, 0.5) is 0 Å². The molecule has 1 aromatic heterocycles. The van der Waals surface area contributed by atoms with E-state index >= 15 is 0 Å². The first-order valence-electron chi connectivity index (χ1n) is 5.93. The monoisotopic (exact) mass is 268 g/mol. The lowest BCUT2D eigenvalue weighted by molar-refractivity contribution is 0.112. The van der Waals surface area contributed by atoms with Crippen molar-refractivity contribution in [3.63, 3.8) is 0 Å². The van der Waals surface area contributed by atoms with E-state index in [-0.39, 0.29) is 0 Å². The molecule has 1 heterocycles. The van der Waals surface area contributed by atoms with Gasteiger partial charge in [0.05, 0.1) is 7.11 Å². The van der Waals surface area contributed by atoms with Crippen LogP contribution in [0.3, 0.4) is 0 Å². The summed E-state index contributed by atoms with van der Waals surface area (Å²) in [6, 6.07) is 13.9. The fourth-order valence-electron chi connectivity index (χ4n) is 2.20. The number of benzene rings is 2. The van der Waals surface area contributed by atoms with Gasteiger partial charge in [0, 0.05) is 15.6 Å². The fourth-order valence-corrected chi connectivity index (χ4v) is 3.10. The third kappa shape index (κ3) is 2.02. The van der Waals surface area contributed by atoms with E-state index in [1.807, 2.05) is 41.8 Å². The summed E-state index contributed by atoms with van der Waals surface area (Å²) >= 11 is 1.60. The molecule has 94 valence electrons. The zero-order valence-corrected chi connectivity index (χ0v) is 11.2. The Morgan fingerprint density at radius 2 is 1.84 bits per heavy atom. The minimum absolute atomic E-state index is 0.752. The van der Waals surface area contributed by atoms with Gasteiger partial charge in [0.2, 0.25) is 0 Å². The van der Waals surface area contributed by atoms with E-state index in [1.165, 1.54) is 0 Å². The lowest BCUT2D eigenvalue weighted by Gasteiger charge is -2.06. The maximum absolute atomic E-state index is 11.0. The number of hydrogen-bond donors (Lipinski definition) is 0. The second-order valence-electron chi connectivity index (χ2n) is 4.21. The van der Waals surface area contributed by atoms with Crippen molar-refractivity contribution < 1.29 is 9.53 Å². The van der Waals surface area contributed by atoms with Gasteiger partial charge in [-0.2, -0.15) is 0 Å². The molecule has 0 saturated heterocycles. The van der Waals surface area contributed by atoms with Crippen molar-refractivity contribution in [2.45, 2.75) is 0 Å². The van der Waals surface area contributed by atoms with E-state index in [4.69, 9.17) is 4.74 Å². The van der Waals surface area contributed by atoms with E-state index in [0.29, 0.717) is 0 Å². The molecule has 0 N–H and O–H groups in total. The third-order valence-corrected chi connectivity index (χ3v) is 4.14. The number of carbonyl (C=O) groups excluding carboxylic acids is 1. The number of methoxy groups -OCH3 is 1. The molecule has 0 unspecified atom stereocenters. The molecule has 3 aromatic rings. The van der Waals surface area contributed by atoms with Gasteiger partial charge in [-0.3, -0.25) is 4.79 Å². The second-order valence-corrected chi connectivity index (χ2v) is 5.13. The molecule has 3 rings (SSSR count). The summed E-state index contributed by atoms with van der Waals surface area (Å²) in [5.74, 6) is 0.842. The molecular weight excluding hydrogens is 256 g/mol. The van der Waals surface area contributed by atoms with Gasteiger partial charge in [0.15, 0.2) is 6.29 Å². The maximum atomic E-state index is 11.0. The first kappa shape index (κ1) is 11.9. The van der Waals surface area contributed by atoms with E-state index < -0.39 is 0 Å². The number of carbonyl (C=O) groups is 1. The van der Waals surface area contributed by atoms with Crippen LogP contribution in [-0.4, -0.2) is 13.4 Å². The van der Waals surface area contributed by atoms with Gasteiger partial charge in [-0.25, -0.2) is 0 Å². The van der Waals surface area contributed by atoms with Gasteiger partial charge in [0.1, 0.15) is 5.75 Å². The van der Waals surface area contributed by atoms with Crippen LogP contribution in [0.25, 0.3) is 21.2 Å². The van der Waals surface area contributed by atoms with Crippen LogP contribution in [0.15, 0.2) is 47.8 Å². The largest absolute Gasteiger partial charge is 0.497 e. The SMILES string of the molecule is COc1ccc(-c2ccc(C=O)c3sccc23)cc1. The Bertz CT molecular complexity index is 726. The van der Waals surface area contributed by atoms with Gasteiger partial charge in [-0.15, -0.1) is 11.3 Å². The topological polar surface area (TPSA) is 26.3 Å². The van der Waals surface area contributed by atoms with Gasteiger partial charge < -0.3 is 4.74 Å². The first-order chi connectivity index (χ1) is 9.33. The van der Waals surface area contributed by atoms with Crippen molar-refractivity contribution in [3.8, 4) is 16.9 Å². The van der Waals surface area contributed by atoms with Crippen molar-refractivity contribution in [2.75, 3.05) is 7.11 Å². The molecule has 3 heteroatoms. The molecule has 2 nitrogen and oxygen atoms in total. The Kier molecular flexibility index (Phi) is 3.05. The van der Waals surface area contributed by atoms with E-state index in [0.717, 1.165) is 38.8 Å². The molecule has 0 aliphatic carbocycles. The van der Waals surface area contributed by atoms with Gasteiger partial charge in [-0.05, 0) is 40.8 Å². The molecular formula is C16H12O2S. The van der Waals surface area contributed by atoms with Gasteiger partial charge in [-0.1, -0.05) is 18.2 Å². The highest BCUT2D eigenvalue weighted by Crippen LogP contribution is 2.34. The number of aldehydes is 1. The lowest BCUT2D eigenvalue weighted by atomic mass is 10.00. The van der Waals surface area contributed by atoms with E-state index in [9.17, 15) is 4.79 Å². The summed E-state index contributed by atoms with van der Waals surface area (Å²) in [4.78, 5) is 11.0. The first-order valence-corrected chi connectivity index (χ1v) is 6.81. The molecule has 0 amide bonds. The molecule has 0 fully saturated rings. The molecule has 0 aliphatic rings. The van der Waals surface area contributed by atoms with Crippen molar-refractivity contribution >= 4 is 27.7 Å². The smallest absolute Gasteiger partial charge is 0.151 e. The summed E-state index contributed by atoms with van der Waals surface area (Å²) in [6.45, 7) is 0. The normalized spacial score (nSPS) is 10.6. The van der Waals surface area contributed by atoms with Crippen LogP contribution in [-0.2, 0) is 0 Å². The Balaban J connectivity index is 2.19.